The minimum atomic E-state index is -2.83. The van der Waals surface area contributed by atoms with Gasteiger partial charge in [-0.15, -0.1) is 0 Å². The van der Waals surface area contributed by atoms with Crippen molar-refractivity contribution in [2.45, 2.75) is 13.5 Å². The third-order valence-electron chi connectivity index (χ3n) is 2.18. The minimum Gasteiger partial charge on any atom is -0.464 e. The summed E-state index contributed by atoms with van der Waals surface area (Å²) < 4.78 is 37.9. The zero-order valence-electron chi connectivity index (χ0n) is 11.1. The monoisotopic (exact) mass is 289 g/mol. The van der Waals surface area contributed by atoms with Gasteiger partial charge in [0.15, 0.2) is 0 Å². The molecule has 0 saturated heterocycles. The molecule has 1 aromatic rings. The van der Waals surface area contributed by atoms with Crippen LogP contribution >= 0.6 is 0 Å². The number of benzene rings is 1. The molecule has 0 bridgehead atoms. The Labute approximate surface area is 115 Å². The topological polar surface area (TPSA) is 56.8 Å². The summed E-state index contributed by atoms with van der Waals surface area (Å²) in [7, 11) is 0. The van der Waals surface area contributed by atoms with Gasteiger partial charge in [-0.2, -0.15) is 8.78 Å². The Morgan fingerprint density at radius 2 is 2.00 bits per heavy atom. The quantitative estimate of drug-likeness (QED) is 0.558. The first kappa shape index (κ1) is 16.2. The lowest BCUT2D eigenvalue weighted by atomic mass is 10.3. The van der Waals surface area contributed by atoms with E-state index in [9.17, 15) is 13.6 Å². The fourth-order valence-electron chi connectivity index (χ4n) is 1.38. The molecular formula is C13H17F2NO4. The molecule has 0 saturated carbocycles. The number of carbonyl (C=O) groups is 1. The smallest absolute Gasteiger partial charge is 0.387 e. The van der Waals surface area contributed by atoms with Crippen LogP contribution in [-0.4, -0.2) is 38.9 Å². The molecule has 0 aliphatic carbocycles. The van der Waals surface area contributed by atoms with E-state index in [0.29, 0.717) is 19.8 Å². The Hall–Kier alpha value is -1.89. The highest BCUT2D eigenvalue weighted by Gasteiger charge is 2.03. The van der Waals surface area contributed by atoms with Gasteiger partial charge in [0.25, 0.3) is 0 Å². The molecule has 0 unspecified atom stereocenters. The molecule has 0 aliphatic heterocycles. The Bertz CT molecular complexity index is 398. The van der Waals surface area contributed by atoms with Gasteiger partial charge in [-0.3, -0.25) is 0 Å². The summed E-state index contributed by atoms with van der Waals surface area (Å²) >= 11 is 0. The van der Waals surface area contributed by atoms with Gasteiger partial charge in [0.1, 0.15) is 12.4 Å². The van der Waals surface area contributed by atoms with Crippen molar-refractivity contribution in [2.75, 3.05) is 31.7 Å². The number of hydrogen-bond acceptors (Lipinski definition) is 5. The van der Waals surface area contributed by atoms with E-state index in [1.807, 2.05) is 0 Å². The molecule has 20 heavy (non-hydrogen) atoms. The van der Waals surface area contributed by atoms with Crippen LogP contribution in [0.4, 0.5) is 14.5 Å². The molecule has 1 rings (SSSR count). The molecule has 0 aliphatic rings. The summed E-state index contributed by atoms with van der Waals surface area (Å²) in [5.74, 6) is -0.301. The summed E-state index contributed by atoms with van der Waals surface area (Å²) in [5.41, 5.74) is 0.742. The van der Waals surface area contributed by atoms with Crippen LogP contribution in [0.15, 0.2) is 24.3 Å². The minimum absolute atomic E-state index is 0.0866. The Morgan fingerprint density at radius 1 is 1.30 bits per heavy atom. The Balaban J connectivity index is 2.17. The first-order valence-electron chi connectivity index (χ1n) is 6.14. The number of carbonyl (C=O) groups excluding carboxylic acids is 1. The molecule has 0 radical (unpaired) electrons. The highest BCUT2D eigenvalue weighted by Crippen LogP contribution is 2.17. The van der Waals surface area contributed by atoms with Crippen LogP contribution in [0.2, 0.25) is 0 Å². The van der Waals surface area contributed by atoms with Gasteiger partial charge in [0, 0.05) is 12.2 Å². The van der Waals surface area contributed by atoms with Crippen molar-refractivity contribution in [3.05, 3.63) is 24.3 Å². The van der Waals surface area contributed by atoms with Crippen molar-refractivity contribution in [3.8, 4) is 5.75 Å². The predicted octanol–water partition coefficient (Wildman–Crippen LogP) is 2.28. The van der Waals surface area contributed by atoms with Crippen LogP contribution in [0.25, 0.3) is 0 Å². The number of rotatable bonds is 9. The van der Waals surface area contributed by atoms with E-state index in [0.717, 1.165) is 5.69 Å². The SMILES string of the molecule is CCOC(=O)COCCNc1ccc(OC(F)F)cc1. The third-order valence-corrected chi connectivity index (χ3v) is 2.18. The summed E-state index contributed by atoms with van der Waals surface area (Å²) in [5, 5.41) is 3.01. The zero-order valence-corrected chi connectivity index (χ0v) is 11.1. The van der Waals surface area contributed by atoms with Crippen LogP contribution in [0, 0.1) is 0 Å². The lowest BCUT2D eigenvalue weighted by molar-refractivity contribution is -0.148. The maximum Gasteiger partial charge on any atom is 0.387 e. The van der Waals surface area contributed by atoms with Crippen molar-refractivity contribution in [2.24, 2.45) is 0 Å². The predicted molar refractivity (Wildman–Crippen MR) is 69.0 cm³/mol. The number of nitrogens with one attached hydrogen (secondary N) is 1. The fraction of sp³-hybridized carbons (Fsp3) is 0.462. The van der Waals surface area contributed by atoms with Crippen LogP contribution in [0.5, 0.6) is 5.75 Å². The number of halogens is 2. The van der Waals surface area contributed by atoms with Crippen LogP contribution in [-0.2, 0) is 14.3 Å². The van der Waals surface area contributed by atoms with Crippen LogP contribution in [0.1, 0.15) is 6.92 Å². The summed E-state index contributed by atoms with van der Waals surface area (Å²) in [6.07, 6.45) is 0. The second-order valence-corrected chi connectivity index (χ2v) is 3.69. The van der Waals surface area contributed by atoms with Crippen molar-refractivity contribution in [3.63, 3.8) is 0 Å². The van der Waals surface area contributed by atoms with Crippen molar-refractivity contribution in [1.82, 2.24) is 0 Å². The molecule has 1 aromatic carbocycles. The van der Waals surface area contributed by atoms with Gasteiger partial charge < -0.3 is 19.5 Å². The van der Waals surface area contributed by atoms with Crippen molar-refractivity contribution in [1.29, 1.82) is 0 Å². The molecule has 0 heterocycles. The normalized spacial score (nSPS) is 10.4. The molecule has 0 amide bonds. The molecule has 0 spiro atoms. The summed E-state index contributed by atoms with van der Waals surface area (Å²) in [6, 6.07) is 6.11. The number of anilines is 1. The van der Waals surface area contributed by atoms with Gasteiger partial charge in [-0.05, 0) is 31.2 Å². The molecule has 7 heteroatoms. The van der Waals surface area contributed by atoms with E-state index in [1.54, 1.807) is 19.1 Å². The average molecular weight is 289 g/mol. The zero-order chi connectivity index (χ0) is 14.8. The highest BCUT2D eigenvalue weighted by atomic mass is 19.3. The molecule has 112 valence electrons. The van der Waals surface area contributed by atoms with Gasteiger partial charge in [0.2, 0.25) is 0 Å². The average Bonchev–Trinajstić information content (AvgIpc) is 2.40. The van der Waals surface area contributed by atoms with Crippen molar-refractivity contribution >= 4 is 11.7 Å². The molecule has 5 nitrogen and oxygen atoms in total. The molecule has 0 fully saturated rings. The standard InChI is InChI=1S/C13H17F2NO4/c1-2-19-12(17)9-18-8-7-16-10-3-5-11(6-4-10)20-13(14)15/h3-6,13,16H,2,7-9H2,1H3. The number of ether oxygens (including phenoxy) is 3. The van der Waals surface area contributed by atoms with Crippen LogP contribution < -0.4 is 10.1 Å². The van der Waals surface area contributed by atoms with Crippen molar-refractivity contribution < 1.29 is 27.8 Å². The second-order valence-electron chi connectivity index (χ2n) is 3.69. The highest BCUT2D eigenvalue weighted by molar-refractivity contribution is 5.70. The second kappa shape index (κ2) is 9.08. The number of hydrogen-bond donors (Lipinski definition) is 1. The molecule has 0 atom stereocenters. The maximum atomic E-state index is 11.9. The molecule has 0 aromatic heterocycles. The van der Waals surface area contributed by atoms with Gasteiger partial charge in [-0.25, -0.2) is 4.79 Å². The summed E-state index contributed by atoms with van der Waals surface area (Å²) in [6.45, 7) is -0.0572. The first-order chi connectivity index (χ1) is 9.61. The Kier molecular flexibility index (Phi) is 7.34. The van der Waals surface area contributed by atoms with E-state index < -0.39 is 12.6 Å². The van der Waals surface area contributed by atoms with E-state index in [2.05, 4.69) is 10.1 Å². The summed E-state index contributed by atoms with van der Waals surface area (Å²) in [4.78, 5) is 11.0. The molecule has 1 N–H and O–H groups in total. The Morgan fingerprint density at radius 3 is 2.60 bits per heavy atom. The van der Waals surface area contributed by atoms with E-state index in [-0.39, 0.29) is 12.4 Å². The third kappa shape index (κ3) is 6.89. The maximum absolute atomic E-state index is 11.9. The van der Waals surface area contributed by atoms with Crippen LogP contribution in [0.3, 0.4) is 0 Å². The van der Waals surface area contributed by atoms with Gasteiger partial charge in [0.05, 0.1) is 13.2 Å². The van der Waals surface area contributed by atoms with E-state index in [4.69, 9.17) is 9.47 Å². The van der Waals surface area contributed by atoms with E-state index in [1.165, 1.54) is 12.1 Å². The lowest BCUT2D eigenvalue weighted by Crippen LogP contribution is -2.16. The largest absolute Gasteiger partial charge is 0.464 e. The number of alkyl halides is 2. The lowest BCUT2D eigenvalue weighted by Gasteiger charge is -2.08. The number of esters is 1. The van der Waals surface area contributed by atoms with Gasteiger partial charge >= 0.3 is 12.6 Å². The first-order valence-corrected chi connectivity index (χ1v) is 6.14. The fourth-order valence-corrected chi connectivity index (χ4v) is 1.38. The van der Waals surface area contributed by atoms with E-state index >= 15 is 0 Å². The molecular weight excluding hydrogens is 272 g/mol. The van der Waals surface area contributed by atoms with Gasteiger partial charge in [-0.1, -0.05) is 0 Å².